The maximum atomic E-state index is 12.6. The van der Waals surface area contributed by atoms with E-state index in [1.165, 1.54) is 0 Å². The van der Waals surface area contributed by atoms with Gasteiger partial charge in [-0.05, 0) is 32.2 Å². The molecule has 1 aromatic heterocycles. The van der Waals surface area contributed by atoms with Gasteiger partial charge < -0.3 is 9.67 Å². The summed E-state index contributed by atoms with van der Waals surface area (Å²) in [6.07, 6.45) is -1.14. The first-order valence-corrected chi connectivity index (χ1v) is 7.87. The Hall–Kier alpha value is -1.15. The van der Waals surface area contributed by atoms with Crippen LogP contribution in [0.15, 0.2) is 0 Å². The highest BCUT2D eigenvalue weighted by atomic mass is 19.4. The number of aliphatic hydroxyl groups excluding tert-OH is 1. The van der Waals surface area contributed by atoms with Crippen LogP contribution in [0.1, 0.15) is 49.8 Å². The minimum Gasteiger partial charge on any atom is -0.382 e. The van der Waals surface area contributed by atoms with E-state index in [1.54, 1.807) is 4.90 Å². The molecule has 1 saturated heterocycles. The van der Waals surface area contributed by atoms with Crippen LogP contribution < -0.4 is 0 Å². The Labute approximate surface area is 127 Å². The van der Waals surface area contributed by atoms with E-state index in [2.05, 4.69) is 14.8 Å². The van der Waals surface area contributed by atoms with Crippen molar-refractivity contribution >= 4 is 0 Å². The summed E-state index contributed by atoms with van der Waals surface area (Å²) in [7, 11) is 0. The lowest BCUT2D eigenvalue weighted by Crippen LogP contribution is -2.41. The van der Waals surface area contributed by atoms with Gasteiger partial charge in [-0.15, -0.1) is 10.2 Å². The number of nitrogens with zero attached hydrogens (tertiary/aromatic N) is 4. The number of β-amino-alcohol motifs (C(OH)–C–C–N with tert-alkyl or cyclic N) is 1. The molecule has 5 nitrogen and oxygen atoms in total. The van der Waals surface area contributed by atoms with Crippen molar-refractivity contribution in [2.24, 2.45) is 0 Å². The summed E-state index contributed by atoms with van der Waals surface area (Å²) in [6.45, 7) is 1.00. The second-order valence-corrected chi connectivity index (χ2v) is 6.15. The largest absolute Gasteiger partial charge is 0.415 e. The van der Waals surface area contributed by atoms with Gasteiger partial charge in [-0.1, -0.05) is 6.42 Å². The molecule has 8 heteroatoms. The number of fused-ring (bicyclic) bond motifs is 1. The molecule has 0 bridgehead atoms. The van der Waals surface area contributed by atoms with E-state index >= 15 is 0 Å². The average molecular weight is 318 g/mol. The zero-order chi connectivity index (χ0) is 15.7. The Kier molecular flexibility index (Phi) is 4.40. The van der Waals surface area contributed by atoms with Crippen molar-refractivity contribution < 1.29 is 18.3 Å². The molecule has 1 aromatic rings. The summed E-state index contributed by atoms with van der Waals surface area (Å²) in [6, 6.07) is -0.170. The third-order valence-corrected chi connectivity index (χ3v) is 4.59. The molecular formula is C14H21F3N4O. The van der Waals surface area contributed by atoms with Crippen molar-refractivity contribution in [1.82, 2.24) is 19.7 Å². The molecule has 0 saturated carbocycles. The van der Waals surface area contributed by atoms with Crippen LogP contribution in [0.3, 0.4) is 0 Å². The quantitative estimate of drug-likeness (QED) is 0.927. The molecule has 124 valence electrons. The van der Waals surface area contributed by atoms with Crippen LogP contribution in [-0.2, 0) is 13.0 Å². The molecule has 2 unspecified atom stereocenters. The molecule has 3 heterocycles. The number of aromatic nitrogens is 3. The minimum absolute atomic E-state index is 0.170. The van der Waals surface area contributed by atoms with Crippen LogP contribution in [0.4, 0.5) is 13.2 Å². The van der Waals surface area contributed by atoms with Gasteiger partial charge in [0.2, 0.25) is 0 Å². The fraction of sp³-hybridized carbons (Fsp3) is 0.857. The van der Waals surface area contributed by atoms with E-state index in [9.17, 15) is 18.3 Å². The number of hydrogen-bond donors (Lipinski definition) is 1. The Bertz CT molecular complexity index is 517. The number of rotatable bonds is 3. The summed E-state index contributed by atoms with van der Waals surface area (Å²) in [5, 5.41) is 17.8. The summed E-state index contributed by atoms with van der Waals surface area (Å²) in [5.74, 6) is 1.71. The van der Waals surface area contributed by atoms with Gasteiger partial charge in [0.25, 0.3) is 0 Å². The van der Waals surface area contributed by atoms with Crippen molar-refractivity contribution in [2.75, 3.05) is 13.1 Å². The smallest absolute Gasteiger partial charge is 0.382 e. The molecule has 3 rings (SSSR count). The Morgan fingerprint density at radius 3 is 2.73 bits per heavy atom. The highest BCUT2D eigenvalue weighted by Crippen LogP contribution is 2.33. The molecular weight excluding hydrogens is 297 g/mol. The van der Waals surface area contributed by atoms with E-state index in [4.69, 9.17) is 0 Å². The number of likely N-dealkylation sites (tertiary alicyclic amines) is 1. The molecule has 0 aliphatic carbocycles. The summed E-state index contributed by atoms with van der Waals surface area (Å²) < 4.78 is 39.8. The van der Waals surface area contributed by atoms with E-state index < -0.39 is 18.8 Å². The lowest BCUT2D eigenvalue weighted by atomic mass is 10.2. The lowest BCUT2D eigenvalue weighted by molar-refractivity contribution is -0.208. The monoisotopic (exact) mass is 318 g/mol. The standard InChI is InChI=1S/C14H21F3N4O/c15-14(16,17)11(22)9-20-7-4-5-10(20)13-19-18-12-6-2-1-3-8-21(12)13/h10-11,22H,1-9H2. The summed E-state index contributed by atoms with van der Waals surface area (Å²) in [5.41, 5.74) is 0. The lowest BCUT2D eigenvalue weighted by Gasteiger charge is -2.27. The normalized spacial score (nSPS) is 25.0. The zero-order valence-electron chi connectivity index (χ0n) is 12.4. The van der Waals surface area contributed by atoms with Crippen molar-refractivity contribution in [1.29, 1.82) is 0 Å². The van der Waals surface area contributed by atoms with Gasteiger partial charge in [-0.3, -0.25) is 4.90 Å². The van der Waals surface area contributed by atoms with Crippen LogP contribution in [0.25, 0.3) is 0 Å². The number of halogens is 3. The van der Waals surface area contributed by atoms with Crippen molar-refractivity contribution in [3.05, 3.63) is 11.6 Å². The number of hydrogen-bond acceptors (Lipinski definition) is 4. The van der Waals surface area contributed by atoms with E-state index in [0.29, 0.717) is 6.54 Å². The van der Waals surface area contributed by atoms with Gasteiger partial charge in [-0.25, -0.2) is 0 Å². The molecule has 0 amide bonds. The SMILES string of the molecule is OC(CN1CCCC1c1nnc2n1CCCCC2)C(F)(F)F. The van der Waals surface area contributed by atoms with Gasteiger partial charge in [0.1, 0.15) is 11.6 Å². The van der Waals surface area contributed by atoms with Gasteiger partial charge in [0, 0.05) is 19.5 Å². The first-order valence-electron chi connectivity index (χ1n) is 7.87. The van der Waals surface area contributed by atoms with Crippen LogP contribution in [0.5, 0.6) is 0 Å². The second kappa shape index (κ2) is 6.16. The van der Waals surface area contributed by atoms with Crippen LogP contribution >= 0.6 is 0 Å². The molecule has 0 spiro atoms. The average Bonchev–Trinajstić information content (AvgIpc) is 2.98. The van der Waals surface area contributed by atoms with E-state index in [-0.39, 0.29) is 6.04 Å². The molecule has 0 aromatic carbocycles. The van der Waals surface area contributed by atoms with Gasteiger partial charge in [0.05, 0.1) is 6.04 Å². The van der Waals surface area contributed by atoms with E-state index in [0.717, 1.165) is 56.7 Å². The first kappa shape index (κ1) is 15.7. The Balaban J connectivity index is 1.77. The van der Waals surface area contributed by atoms with Crippen molar-refractivity contribution in [3.63, 3.8) is 0 Å². The molecule has 1 fully saturated rings. The summed E-state index contributed by atoms with van der Waals surface area (Å²) >= 11 is 0. The van der Waals surface area contributed by atoms with Crippen molar-refractivity contribution in [3.8, 4) is 0 Å². The van der Waals surface area contributed by atoms with Crippen LogP contribution in [0.2, 0.25) is 0 Å². The maximum absolute atomic E-state index is 12.6. The fourth-order valence-corrected chi connectivity index (χ4v) is 3.42. The topological polar surface area (TPSA) is 54.2 Å². The minimum atomic E-state index is -4.57. The third-order valence-electron chi connectivity index (χ3n) is 4.59. The highest BCUT2D eigenvalue weighted by Gasteiger charge is 2.42. The Morgan fingerprint density at radius 2 is 1.95 bits per heavy atom. The predicted octanol–water partition coefficient (Wildman–Crippen LogP) is 2.06. The second-order valence-electron chi connectivity index (χ2n) is 6.15. The molecule has 22 heavy (non-hydrogen) atoms. The van der Waals surface area contributed by atoms with Crippen molar-refractivity contribution in [2.45, 2.75) is 63.4 Å². The fourth-order valence-electron chi connectivity index (χ4n) is 3.42. The van der Waals surface area contributed by atoms with Gasteiger partial charge in [0.15, 0.2) is 6.10 Å². The molecule has 2 aliphatic heterocycles. The van der Waals surface area contributed by atoms with Gasteiger partial charge in [-0.2, -0.15) is 13.2 Å². The first-order chi connectivity index (χ1) is 10.5. The Morgan fingerprint density at radius 1 is 1.14 bits per heavy atom. The molecule has 1 N–H and O–H groups in total. The zero-order valence-corrected chi connectivity index (χ0v) is 12.4. The third kappa shape index (κ3) is 3.12. The number of aryl methyl sites for hydroxylation is 1. The maximum Gasteiger partial charge on any atom is 0.415 e. The number of alkyl halides is 3. The predicted molar refractivity (Wildman–Crippen MR) is 73.2 cm³/mol. The van der Waals surface area contributed by atoms with Gasteiger partial charge >= 0.3 is 6.18 Å². The molecule has 2 atom stereocenters. The van der Waals surface area contributed by atoms with E-state index in [1.807, 2.05) is 0 Å². The van der Waals surface area contributed by atoms with Crippen LogP contribution in [-0.4, -0.2) is 50.1 Å². The number of aliphatic hydroxyl groups is 1. The van der Waals surface area contributed by atoms with Crippen LogP contribution in [0, 0.1) is 0 Å². The highest BCUT2D eigenvalue weighted by molar-refractivity contribution is 5.05. The molecule has 0 radical (unpaired) electrons. The molecule has 2 aliphatic rings. The summed E-state index contributed by atoms with van der Waals surface area (Å²) in [4.78, 5) is 1.69.